The van der Waals surface area contributed by atoms with Crippen molar-refractivity contribution in [2.45, 2.75) is 25.3 Å². The first-order valence-corrected chi connectivity index (χ1v) is 8.05. The van der Waals surface area contributed by atoms with Crippen LogP contribution in [0.2, 0.25) is 0 Å². The molecule has 0 radical (unpaired) electrons. The van der Waals surface area contributed by atoms with E-state index in [0.29, 0.717) is 12.8 Å². The molecule has 2 rings (SSSR count). The molecule has 3 nitrogen and oxygen atoms in total. The lowest BCUT2D eigenvalue weighted by Crippen LogP contribution is -2.38. The van der Waals surface area contributed by atoms with Crippen LogP contribution in [-0.2, 0) is 16.3 Å². The van der Waals surface area contributed by atoms with Crippen molar-refractivity contribution in [3.05, 3.63) is 35.6 Å². The van der Waals surface area contributed by atoms with E-state index in [1.54, 1.807) is 6.07 Å². The predicted molar refractivity (Wildman–Crippen MR) is 69.8 cm³/mol. The lowest BCUT2D eigenvalue weighted by atomic mass is 10.1. The van der Waals surface area contributed by atoms with Crippen molar-refractivity contribution < 1.29 is 12.8 Å². The summed E-state index contributed by atoms with van der Waals surface area (Å²) in [5.41, 5.74) is 0.964. The van der Waals surface area contributed by atoms with Gasteiger partial charge in [-0.1, -0.05) is 12.1 Å². The van der Waals surface area contributed by atoms with Crippen molar-refractivity contribution in [3.8, 4) is 0 Å². The van der Waals surface area contributed by atoms with Crippen molar-refractivity contribution in [1.29, 1.82) is 0 Å². The summed E-state index contributed by atoms with van der Waals surface area (Å²) in [6.45, 7) is 0.758. The summed E-state index contributed by atoms with van der Waals surface area (Å²) in [7, 11) is -2.79. The summed E-state index contributed by atoms with van der Waals surface area (Å²) in [6.07, 6.45) is 2.14. The molecule has 0 unspecified atom stereocenters. The zero-order valence-corrected chi connectivity index (χ0v) is 11.0. The summed E-state index contributed by atoms with van der Waals surface area (Å²) >= 11 is 0. The molecular formula is C13H18FNO2S. The summed E-state index contributed by atoms with van der Waals surface area (Å²) in [5, 5.41) is 3.34. The Balaban J connectivity index is 1.73. The molecule has 18 heavy (non-hydrogen) atoms. The summed E-state index contributed by atoms with van der Waals surface area (Å²) in [5.74, 6) is 0.353. The number of hydrogen-bond donors (Lipinski definition) is 1. The molecule has 0 atom stereocenters. The number of sulfone groups is 1. The van der Waals surface area contributed by atoms with Crippen LogP contribution in [0, 0.1) is 5.82 Å². The standard InChI is InChI=1S/C13H18FNO2S/c14-12-3-1-2-11(10-12)4-7-15-13-5-8-18(16,17)9-6-13/h1-3,10,13,15H,4-9H2. The van der Waals surface area contributed by atoms with E-state index in [4.69, 9.17) is 0 Å². The molecule has 5 heteroatoms. The molecule has 100 valence electrons. The molecule has 1 aliphatic heterocycles. The zero-order chi connectivity index (χ0) is 13.0. The summed E-state index contributed by atoms with van der Waals surface area (Å²) in [6, 6.07) is 6.85. The van der Waals surface area contributed by atoms with Gasteiger partial charge in [0.1, 0.15) is 15.7 Å². The molecule has 1 saturated heterocycles. The normalized spacial score (nSPS) is 19.8. The van der Waals surface area contributed by atoms with E-state index in [1.807, 2.05) is 6.07 Å². The molecule has 1 fully saturated rings. The van der Waals surface area contributed by atoms with Crippen LogP contribution in [0.15, 0.2) is 24.3 Å². The average Bonchev–Trinajstić information content (AvgIpc) is 2.31. The molecule has 0 spiro atoms. The number of hydrogen-bond acceptors (Lipinski definition) is 3. The summed E-state index contributed by atoms with van der Waals surface area (Å²) in [4.78, 5) is 0. The zero-order valence-electron chi connectivity index (χ0n) is 10.2. The van der Waals surface area contributed by atoms with Gasteiger partial charge in [0.25, 0.3) is 0 Å². The second-order valence-corrected chi connectivity index (χ2v) is 7.06. The van der Waals surface area contributed by atoms with Gasteiger partial charge in [0.2, 0.25) is 0 Å². The van der Waals surface area contributed by atoms with Crippen LogP contribution in [0.3, 0.4) is 0 Å². The summed E-state index contributed by atoms with van der Waals surface area (Å²) < 4.78 is 35.5. The van der Waals surface area contributed by atoms with Crippen molar-refractivity contribution in [2.24, 2.45) is 0 Å². The van der Waals surface area contributed by atoms with Crippen LogP contribution < -0.4 is 5.32 Å². The van der Waals surface area contributed by atoms with Crippen molar-refractivity contribution in [2.75, 3.05) is 18.1 Å². The van der Waals surface area contributed by atoms with Crippen LogP contribution in [0.5, 0.6) is 0 Å². The van der Waals surface area contributed by atoms with Crippen LogP contribution in [0.25, 0.3) is 0 Å². The smallest absolute Gasteiger partial charge is 0.150 e. The fraction of sp³-hybridized carbons (Fsp3) is 0.538. The molecule has 1 aromatic rings. The topological polar surface area (TPSA) is 46.2 Å². The van der Waals surface area contributed by atoms with Gasteiger partial charge in [0.15, 0.2) is 0 Å². The van der Waals surface area contributed by atoms with Gasteiger partial charge in [-0.25, -0.2) is 12.8 Å². The SMILES string of the molecule is O=S1(=O)CCC(NCCc2cccc(F)c2)CC1. The minimum Gasteiger partial charge on any atom is -0.314 e. The van der Waals surface area contributed by atoms with E-state index in [0.717, 1.165) is 18.5 Å². The minimum absolute atomic E-state index is 0.212. The molecule has 0 aliphatic carbocycles. The van der Waals surface area contributed by atoms with Gasteiger partial charge in [-0.2, -0.15) is 0 Å². The van der Waals surface area contributed by atoms with Crippen LogP contribution in [-0.4, -0.2) is 32.5 Å². The first-order chi connectivity index (χ1) is 8.55. The van der Waals surface area contributed by atoms with Gasteiger partial charge in [-0.3, -0.25) is 0 Å². The Bertz CT molecular complexity index is 487. The molecular weight excluding hydrogens is 253 g/mol. The predicted octanol–water partition coefficient (Wildman–Crippen LogP) is 1.53. The highest BCUT2D eigenvalue weighted by Gasteiger charge is 2.22. The third-order valence-electron chi connectivity index (χ3n) is 3.29. The number of rotatable bonds is 4. The van der Waals surface area contributed by atoms with Gasteiger partial charge in [-0.05, 0) is 43.5 Å². The molecule has 0 amide bonds. The van der Waals surface area contributed by atoms with E-state index in [1.165, 1.54) is 12.1 Å². The molecule has 1 aromatic carbocycles. The van der Waals surface area contributed by atoms with Gasteiger partial charge >= 0.3 is 0 Å². The number of nitrogens with one attached hydrogen (secondary N) is 1. The maximum atomic E-state index is 12.9. The van der Waals surface area contributed by atoms with Gasteiger partial charge < -0.3 is 5.32 Å². The highest BCUT2D eigenvalue weighted by Crippen LogP contribution is 2.12. The van der Waals surface area contributed by atoms with Crippen LogP contribution in [0.1, 0.15) is 18.4 Å². The molecule has 0 bridgehead atoms. The molecule has 0 saturated carbocycles. The molecule has 0 aromatic heterocycles. The Morgan fingerprint density at radius 2 is 2.00 bits per heavy atom. The molecule has 1 aliphatic rings. The maximum absolute atomic E-state index is 12.9. The van der Waals surface area contributed by atoms with E-state index in [9.17, 15) is 12.8 Å². The quantitative estimate of drug-likeness (QED) is 0.903. The van der Waals surface area contributed by atoms with Crippen LogP contribution >= 0.6 is 0 Å². The van der Waals surface area contributed by atoms with E-state index in [-0.39, 0.29) is 23.4 Å². The largest absolute Gasteiger partial charge is 0.314 e. The lowest BCUT2D eigenvalue weighted by molar-refractivity contribution is 0.466. The Labute approximate surface area is 107 Å². The van der Waals surface area contributed by atoms with E-state index < -0.39 is 9.84 Å². The van der Waals surface area contributed by atoms with Crippen LogP contribution in [0.4, 0.5) is 4.39 Å². The Kier molecular flexibility index (Phi) is 4.35. The monoisotopic (exact) mass is 271 g/mol. The Hall–Kier alpha value is -0.940. The van der Waals surface area contributed by atoms with Gasteiger partial charge in [-0.15, -0.1) is 0 Å². The maximum Gasteiger partial charge on any atom is 0.150 e. The van der Waals surface area contributed by atoms with Gasteiger partial charge in [0, 0.05) is 6.04 Å². The third-order valence-corrected chi connectivity index (χ3v) is 5.01. The first kappa shape index (κ1) is 13.5. The van der Waals surface area contributed by atoms with Crippen molar-refractivity contribution in [3.63, 3.8) is 0 Å². The van der Waals surface area contributed by atoms with Gasteiger partial charge in [0.05, 0.1) is 11.5 Å². The molecule has 1 N–H and O–H groups in total. The fourth-order valence-electron chi connectivity index (χ4n) is 2.21. The Morgan fingerprint density at radius 3 is 2.67 bits per heavy atom. The second kappa shape index (κ2) is 5.80. The number of halogens is 1. The van der Waals surface area contributed by atoms with E-state index in [2.05, 4.69) is 5.32 Å². The Morgan fingerprint density at radius 1 is 1.28 bits per heavy atom. The molecule has 1 heterocycles. The number of benzene rings is 1. The first-order valence-electron chi connectivity index (χ1n) is 6.23. The highest BCUT2D eigenvalue weighted by molar-refractivity contribution is 7.91. The minimum atomic E-state index is -2.79. The lowest BCUT2D eigenvalue weighted by Gasteiger charge is -2.23. The average molecular weight is 271 g/mol. The second-order valence-electron chi connectivity index (χ2n) is 4.76. The third kappa shape index (κ3) is 4.07. The van der Waals surface area contributed by atoms with Crippen molar-refractivity contribution >= 4 is 9.84 Å². The highest BCUT2D eigenvalue weighted by atomic mass is 32.2. The van der Waals surface area contributed by atoms with Crippen molar-refractivity contribution in [1.82, 2.24) is 5.32 Å². The van der Waals surface area contributed by atoms with E-state index >= 15 is 0 Å². The fourth-order valence-corrected chi connectivity index (χ4v) is 3.70.